The van der Waals surface area contributed by atoms with Gasteiger partial charge >= 0.3 is 0 Å². The maximum atomic E-state index is 8.53. The SMILES string of the molecule is Nc1cccc(CSCCO)n1. The average molecular weight is 184 g/mol. The Bertz CT molecular complexity index is 242. The van der Waals surface area contributed by atoms with E-state index in [9.17, 15) is 0 Å². The Labute approximate surface area is 76.0 Å². The van der Waals surface area contributed by atoms with Gasteiger partial charge in [-0.05, 0) is 12.1 Å². The molecule has 1 rings (SSSR count). The molecule has 3 nitrogen and oxygen atoms in total. The van der Waals surface area contributed by atoms with Crippen LogP contribution in [0.2, 0.25) is 0 Å². The largest absolute Gasteiger partial charge is 0.396 e. The summed E-state index contributed by atoms with van der Waals surface area (Å²) in [7, 11) is 0. The fraction of sp³-hybridized carbons (Fsp3) is 0.375. The summed E-state index contributed by atoms with van der Waals surface area (Å²) >= 11 is 1.65. The molecule has 0 saturated heterocycles. The first-order chi connectivity index (χ1) is 5.83. The van der Waals surface area contributed by atoms with Gasteiger partial charge in [-0.1, -0.05) is 6.07 Å². The Morgan fingerprint density at radius 3 is 3.00 bits per heavy atom. The molecule has 0 bridgehead atoms. The first-order valence-corrected chi connectivity index (χ1v) is 4.88. The second-order valence-corrected chi connectivity index (χ2v) is 3.44. The number of thioether (sulfide) groups is 1. The molecule has 1 aromatic rings. The second-order valence-electron chi connectivity index (χ2n) is 2.33. The van der Waals surface area contributed by atoms with Crippen LogP contribution in [0.25, 0.3) is 0 Å². The van der Waals surface area contributed by atoms with E-state index in [1.165, 1.54) is 0 Å². The van der Waals surface area contributed by atoms with Crippen LogP contribution in [0.5, 0.6) is 0 Å². The number of aromatic nitrogens is 1. The molecule has 4 heteroatoms. The van der Waals surface area contributed by atoms with Crippen LogP contribution in [0.15, 0.2) is 18.2 Å². The van der Waals surface area contributed by atoms with Gasteiger partial charge in [-0.3, -0.25) is 0 Å². The van der Waals surface area contributed by atoms with E-state index in [2.05, 4.69) is 4.98 Å². The van der Waals surface area contributed by atoms with Gasteiger partial charge in [0.1, 0.15) is 5.82 Å². The summed E-state index contributed by atoms with van der Waals surface area (Å²) < 4.78 is 0. The van der Waals surface area contributed by atoms with E-state index in [4.69, 9.17) is 10.8 Å². The van der Waals surface area contributed by atoms with Gasteiger partial charge in [0, 0.05) is 11.5 Å². The smallest absolute Gasteiger partial charge is 0.123 e. The Hall–Kier alpha value is -0.740. The van der Waals surface area contributed by atoms with E-state index in [0.29, 0.717) is 5.82 Å². The number of nitrogens with two attached hydrogens (primary N) is 1. The fourth-order valence-electron chi connectivity index (χ4n) is 0.820. The molecule has 0 radical (unpaired) electrons. The lowest BCUT2D eigenvalue weighted by atomic mass is 10.4. The van der Waals surface area contributed by atoms with Crippen molar-refractivity contribution in [1.29, 1.82) is 0 Å². The second kappa shape index (κ2) is 5.00. The Kier molecular flexibility index (Phi) is 3.90. The van der Waals surface area contributed by atoms with Crippen LogP contribution in [0.3, 0.4) is 0 Å². The lowest BCUT2D eigenvalue weighted by Gasteiger charge is -1.99. The molecule has 0 saturated carbocycles. The minimum atomic E-state index is 0.215. The van der Waals surface area contributed by atoms with Crippen molar-refractivity contribution < 1.29 is 5.11 Å². The molecule has 12 heavy (non-hydrogen) atoms. The highest BCUT2D eigenvalue weighted by atomic mass is 32.2. The number of hydrogen-bond acceptors (Lipinski definition) is 4. The van der Waals surface area contributed by atoms with Crippen LogP contribution in [0.1, 0.15) is 5.69 Å². The van der Waals surface area contributed by atoms with Crippen LogP contribution in [0.4, 0.5) is 5.82 Å². The zero-order valence-corrected chi connectivity index (χ0v) is 7.55. The average Bonchev–Trinajstić information content (AvgIpc) is 2.05. The van der Waals surface area contributed by atoms with Crippen molar-refractivity contribution in [2.24, 2.45) is 0 Å². The Morgan fingerprint density at radius 1 is 1.50 bits per heavy atom. The van der Waals surface area contributed by atoms with Crippen LogP contribution < -0.4 is 5.73 Å². The van der Waals surface area contributed by atoms with Gasteiger partial charge in [0.25, 0.3) is 0 Å². The topological polar surface area (TPSA) is 59.1 Å². The van der Waals surface area contributed by atoms with Gasteiger partial charge in [-0.25, -0.2) is 4.98 Å². The number of anilines is 1. The maximum Gasteiger partial charge on any atom is 0.123 e. The minimum absolute atomic E-state index is 0.215. The molecule has 1 aromatic heterocycles. The molecule has 0 aliphatic carbocycles. The molecule has 0 aliphatic rings. The van der Waals surface area contributed by atoms with Crippen molar-refractivity contribution in [1.82, 2.24) is 4.98 Å². The third-order valence-corrected chi connectivity index (χ3v) is 2.29. The van der Waals surface area contributed by atoms with E-state index in [1.54, 1.807) is 17.8 Å². The predicted molar refractivity (Wildman–Crippen MR) is 51.9 cm³/mol. The van der Waals surface area contributed by atoms with Gasteiger partial charge in [0.05, 0.1) is 12.3 Å². The lowest BCUT2D eigenvalue weighted by Crippen LogP contribution is -1.94. The molecule has 0 atom stereocenters. The molecule has 0 unspecified atom stereocenters. The number of rotatable bonds is 4. The molecule has 0 spiro atoms. The molecule has 1 heterocycles. The highest BCUT2D eigenvalue weighted by Crippen LogP contribution is 2.10. The summed E-state index contributed by atoms with van der Waals surface area (Å²) in [5, 5.41) is 8.53. The highest BCUT2D eigenvalue weighted by Gasteiger charge is 1.94. The number of nitrogen functional groups attached to an aromatic ring is 1. The van der Waals surface area contributed by atoms with E-state index >= 15 is 0 Å². The van der Waals surface area contributed by atoms with Gasteiger partial charge in [0.15, 0.2) is 0 Å². The zero-order chi connectivity index (χ0) is 8.81. The minimum Gasteiger partial charge on any atom is -0.396 e. The lowest BCUT2D eigenvalue weighted by molar-refractivity contribution is 0.322. The molecule has 0 fully saturated rings. The van der Waals surface area contributed by atoms with Crippen LogP contribution in [0, 0.1) is 0 Å². The summed E-state index contributed by atoms with van der Waals surface area (Å²) in [5.74, 6) is 2.11. The molecule has 0 aromatic carbocycles. The normalized spacial score (nSPS) is 10.1. The third-order valence-electron chi connectivity index (χ3n) is 1.31. The van der Waals surface area contributed by atoms with Crippen molar-refractivity contribution in [2.75, 3.05) is 18.1 Å². The molecular formula is C8H12N2OS. The van der Waals surface area contributed by atoms with E-state index in [1.807, 2.05) is 12.1 Å². The number of nitrogens with zero attached hydrogens (tertiary/aromatic N) is 1. The van der Waals surface area contributed by atoms with Crippen molar-refractivity contribution >= 4 is 17.6 Å². The summed E-state index contributed by atoms with van der Waals surface area (Å²) in [6.45, 7) is 0.215. The van der Waals surface area contributed by atoms with Gasteiger partial charge < -0.3 is 10.8 Å². The summed E-state index contributed by atoms with van der Waals surface area (Å²) in [6, 6.07) is 5.58. The molecule has 66 valence electrons. The number of pyridine rings is 1. The molecule has 0 amide bonds. The van der Waals surface area contributed by atoms with Gasteiger partial charge in [0.2, 0.25) is 0 Å². The maximum absolute atomic E-state index is 8.53. The van der Waals surface area contributed by atoms with Crippen molar-refractivity contribution in [3.63, 3.8) is 0 Å². The van der Waals surface area contributed by atoms with E-state index < -0.39 is 0 Å². The Balaban J connectivity index is 2.41. The van der Waals surface area contributed by atoms with Gasteiger partial charge in [-0.15, -0.1) is 0 Å². The van der Waals surface area contributed by atoms with E-state index in [0.717, 1.165) is 17.2 Å². The highest BCUT2D eigenvalue weighted by molar-refractivity contribution is 7.98. The zero-order valence-electron chi connectivity index (χ0n) is 6.73. The third kappa shape index (κ3) is 3.11. The van der Waals surface area contributed by atoms with Crippen LogP contribution in [-0.4, -0.2) is 22.5 Å². The number of hydrogen-bond donors (Lipinski definition) is 2. The van der Waals surface area contributed by atoms with E-state index in [-0.39, 0.29) is 6.61 Å². The number of aliphatic hydroxyl groups is 1. The Morgan fingerprint density at radius 2 is 2.33 bits per heavy atom. The van der Waals surface area contributed by atoms with Crippen molar-refractivity contribution in [3.8, 4) is 0 Å². The van der Waals surface area contributed by atoms with Crippen LogP contribution in [-0.2, 0) is 5.75 Å². The molecule has 0 aliphatic heterocycles. The van der Waals surface area contributed by atoms with Crippen molar-refractivity contribution in [3.05, 3.63) is 23.9 Å². The quantitative estimate of drug-likeness (QED) is 0.682. The van der Waals surface area contributed by atoms with Crippen molar-refractivity contribution in [2.45, 2.75) is 5.75 Å². The first kappa shape index (κ1) is 9.35. The summed E-state index contributed by atoms with van der Waals surface area (Å²) in [5.41, 5.74) is 6.46. The fourth-order valence-corrected chi connectivity index (χ4v) is 1.46. The molecule has 3 N–H and O–H groups in total. The first-order valence-electron chi connectivity index (χ1n) is 3.73. The standard InChI is InChI=1S/C8H12N2OS/c9-8-3-1-2-7(10-8)6-12-5-4-11/h1-3,11H,4-6H2,(H2,9,10). The summed E-state index contributed by atoms with van der Waals surface area (Å²) in [4.78, 5) is 4.12. The van der Waals surface area contributed by atoms with Gasteiger partial charge in [-0.2, -0.15) is 11.8 Å². The number of aliphatic hydroxyl groups excluding tert-OH is 1. The van der Waals surface area contributed by atoms with Crippen LogP contribution >= 0.6 is 11.8 Å². The summed E-state index contributed by atoms with van der Waals surface area (Å²) in [6.07, 6.45) is 0. The monoisotopic (exact) mass is 184 g/mol. The predicted octanol–water partition coefficient (Wildman–Crippen LogP) is 0.889. The molecular weight excluding hydrogens is 172 g/mol.